The first-order valence-electron chi connectivity index (χ1n) is 4.13. The highest BCUT2D eigenvalue weighted by molar-refractivity contribution is 9.10. The molecule has 0 saturated heterocycles. The van der Waals surface area contributed by atoms with Crippen LogP contribution in [0.3, 0.4) is 0 Å². The van der Waals surface area contributed by atoms with E-state index in [0.717, 1.165) is 4.47 Å². The molecule has 1 aromatic rings. The summed E-state index contributed by atoms with van der Waals surface area (Å²) in [6.45, 7) is 0. The number of carbonyl (C=O) groups excluding carboxylic acids is 1. The second-order valence-electron chi connectivity index (χ2n) is 2.70. The van der Waals surface area contributed by atoms with Crippen LogP contribution in [0.4, 0.5) is 0 Å². The predicted molar refractivity (Wildman–Crippen MR) is 59.9 cm³/mol. The largest absolute Gasteiger partial charge is 0.466 e. The molecule has 4 heteroatoms. The Hall–Kier alpha value is -1.60. The van der Waals surface area contributed by atoms with Crippen LogP contribution in [0.25, 0.3) is 6.08 Å². The molecule has 76 valence electrons. The number of carbonyl (C=O) groups is 1. The number of nitrogens with zero attached hydrogens (tertiary/aromatic N) is 1. The van der Waals surface area contributed by atoms with E-state index in [4.69, 9.17) is 5.26 Å². The van der Waals surface area contributed by atoms with Crippen LogP contribution in [-0.4, -0.2) is 13.1 Å². The monoisotopic (exact) mass is 265 g/mol. The minimum absolute atomic E-state index is 0.445. The molecule has 0 atom stereocenters. The Labute approximate surface area is 96.1 Å². The van der Waals surface area contributed by atoms with Crippen LogP contribution in [-0.2, 0) is 9.53 Å². The standard InChI is InChI=1S/C11H8BrNO2/c1-15-11(14)5-3-8-6-10(12)4-2-9(8)7-13/h2-6H,1H3. The van der Waals surface area contributed by atoms with Gasteiger partial charge in [0.25, 0.3) is 0 Å². The van der Waals surface area contributed by atoms with E-state index >= 15 is 0 Å². The molecule has 1 aromatic carbocycles. The Balaban J connectivity index is 3.03. The first-order valence-corrected chi connectivity index (χ1v) is 4.92. The SMILES string of the molecule is COC(=O)C=Cc1cc(Br)ccc1C#N. The third-order valence-electron chi connectivity index (χ3n) is 1.73. The Morgan fingerprint density at radius 1 is 1.60 bits per heavy atom. The lowest BCUT2D eigenvalue weighted by Gasteiger charge is -1.98. The van der Waals surface area contributed by atoms with Gasteiger partial charge in [0.2, 0.25) is 0 Å². The number of methoxy groups -OCH3 is 1. The van der Waals surface area contributed by atoms with Crippen molar-refractivity contribution in [2.45, 2.75) is 0 Å². The maximum absolute atomic E-state index is 10.9. The third-order valence-corrected chi connectivity index (χ3v) is 2.23. The molecule has 0 unspecified atom stereocenters. The fraction of sp³-hybridized carbons (Fsp3) is 0.0909. The molecule has 0 aromatic heterocycles. The minimum Gasteiger partial charge on any atom is -0.466 e. The maximum atomic E-state index is 10.9. The van der Waals surface area contributed by atoms with Gasteiger partial charge in [0, 0.05) is 10.5 Å². The lowest BCUT2D eigenvalue weighted by molar-refractivity contribution is -0.134. The Morgan fingerprint density at radius 3 is 2.93 bits per heavy atom. The molecule has 0 aliphatic carbocycles. The van der Waals surface area contributed by atoms with E-state index in [0.29, 0.717) is 11.1 Å². The van der Waals surface area contributed by atoms with Gasteiger partial charge in [-0.05, 0) is 29.8 Å². The van der Waals surface area contributed by atoms with Crippen LogP contribution in [0.2, 0.25) is 0 Å². The van der Waals surface area contributed by atoms with Crippen LogP contribution >= 0.6 is 15.9 Å². The van der Waals surface area contributed by atoms with Gasteiger partial charge < -0.3 is 4.74 Å². The molecular formula is C11H8BrNO2. The maximum Gasteiger partial charge on any atom is 0.330 e. The second kappa shape index (κ2) is 5.32. The summed E-state index contributed by atoms with van der Waals surface area (Å²) >= 11 is 3.29. The van der Waals surface area contributed by atoms with Crippen molar-refractivity contribution in [2.75, 3.05) is 7.11 Å². The molecule has 1 rings (SSSR count). The fourth-order valence-electron chi connectivity index (χ4n) is 0.999. The fourth-order valence-corrected chi connectivity index (χ4v) is 1.38. The van der Waals surface area contributed by atoms with E-state index < -0.39 is 5.97 Å². The van der Waals surface area contributed by atoms with E-state index in [1.54, 1.807) is 24.3 Å². The number of halogens is 1. The van der Waals surface area contributed by atoms with Gasteiger partial charge in [0.15, 0.2) is 0 Å². The van der Waals surface area contributed by atoms with Crippen molar-refractivity contribution in [1.29, 1.82) is 5.26 Å². The van der Waals surface area contributed by atoms with Crippen LogP contribution in [0.5, 0.6) is 0 Å². The van der Waals surface area contributed by atoms with Gasteiger partial charge >= 0.3 is 5.97 Å². The highest BCUT2D eigenvalue weighted by Crippen LogP contribution is 2.17. The molecule has 15 heavy (non-hydrogen) atoms. The van der Waals surface area contributed by atoms with Crippen molar-refractivity contribution in [3.05, 3.63) is 39.9 Å². The minimum atomic E-state index is -0.445. The molecule has 3 nitrogen and oxygen atoms in total. The van der Waals surface area contributed by atoms with Crippen LogP contribution in [0, 0.1) is 11.3 Å². The number of hydrogen-bond acceptors (Lipinski definition) is 3. The Morgan fingerprint density at radius 2 is 2.33 bits per heavy atom. The average Bonchev–Trinajstić information content (AvgIpc) is 2.26. The summed E-state index contributed by atoms with van der Waals surface area (Å²) < 4.78 is 5.31. The highest BCUT2D eigenvalue weighted by atomic mass is 79.9. The first kappa shape index (κ1) is 11.5. The summed E-state index contributed by atoms with van der Waals surface area (Å²) in [5, 5.41) is 8.82. The first-order chi connectivity index (χ1) is 7.17. The summed E-state index contributed by atoms with van der Waals surface area (Å²) in [6.07, 6.45) is 2.83. The smallest absolute Gasteiger partial charge is 0.330 e. The molecule has 0 radical (unpaired) electrons. The van der Waals surface area contributed by atoms with Crippen LogP contribution in [0.15, 0.2) is 28.7 Å². The lowest BCUT2D eigenvalue weighted by atomic mass is 10.1. The van der Waals surface area contributed by atoms with Crippen molar-refractivity contribution >= 4 is 28.0 Å². The molecule has 0 bridgehead atoms. The van der Waals surface area contributed by atoms with Gasteiger partial charge in [0.1, 0.15) is 0 Å². The van der Waals surface area contributed by atoms with Crippen molar-refractivity contribution in [3.63, 3.8) is 0 Å². The molecule has 0 N–H and O–H groups in total. The van der Waals surface area contributed by atoms with Gasteiger partial charge in [-0.15, -0.1) is 0 Å². The van der Waals surface area contributed by atoms with Gasteiger partial charge in [-0.2, -0.15) is 5.26 Å². The molecule has 0 fully saturated rings. The molecule has 0 saturated carbocycles. The quantitative estimate of drug-likeness (QED) is 0.610. The van der Waals surface area contributed by atoms with Crippen molar-refractivity contribution in [1.82, 2.24) is 0 Å². The van der Waals surface area contributed by atoms with Gasteiger partial charge in [-0.25, -0.2) is 4.79 Å². The van der Waals surface area contributed by atoms with E-state index in [1.807, 2.05) is 6.07 Å². The van der Waals surface area contributed by atoms with Crippen molar-refractivity contribution < 1.29 is 9.53 Å². The summed E-state index contributed by atoms with van der Waals surface area (Å²) in [4.78, 5) is 10.9. The summed E-state index contributed by atoms with van der Waals surface area (Å²) in [5.41, 5.74) is 1.19. The molecule has 0 heterocycles. The number of benzene rings is 1. The van der Waals surface area contributed by atoms with Gasteiger partial charge in [0.05, 0.1) is 18.7 Å². The number of nitriles is 1. The van der Waals surface area contributed by atoms with E-state index in [2.05, 4.69) is 20.7 Å². The average molecular weight is 266 g/mol. The number of ether oxygens (including phenoxy) is 1. The van der Waals surface area contributed by atoms with Crippen molar-refractivity contribution in [2.24, 2.45) is 0 Å². The third kappa shape index (κ3) is 3.22. The summed E-state index contributed by atoms with van der Waals surface area (Å²) in [7, 11) is 1.30. The Kier molecular flexibility index (Phi) is 4.07. The summed E-state index contributed by atoms with van der Waals surface area (Å²) in [6, 6.07) is 7.26. The number of esters is 1. The zero-order chi connectivity index (χ0) is 11.3. The molecular weight excluding hydrogens is 258 g/mol. The van der Waals surface area contributed by atoms with Crippen molar-refractivity contribution in [3.8, 4) is 6.07 Å². The molecule has 0 amide bonds. The van der Waals surface area contributed by atoms with Crippen LogP contribution < -0.4 is 0 Å². The molecule has 0 spiro atoms. The van der Waals surface area contributed by atoms with E-state index in [-0.39, 0.29) is 0 Å². The van der Waals surface area contributed by atoms with Gasteiger partial charge in [-0.3, -0.25) is 0 Å². The topological polar surface area (TPSA) is 50.1 Å². The normalized spacial score (nSPS) is 9.93. The van der Waals surface area contributed by atoms with Gasteiger partial charge in [-0.1, -0.05) is 15.9 Å². The lowest BCUT2D eigenvalue weighted by Crippen LogP contribution is -1.93. The second-order valence-corrected chi connectivity index (χ2v) is 3.62. The zero-order valence-corrected chi connectivity index (χ0v) is 9.61. The number of rotatable bonds is 2. The highest BCUT2D eigenvalue weighted by Gasteiger charge is 2.00. The van der Waals surface area contributed by atoms with Crippen LogP contribution in [0.1, 0.15) is 11.1 Å². The number of hydrogen-bond donors (Lipinski definition) is 0. The Bertz CT molecular complexity index is 446. The predicted octanol–water partition coefficient (Wildman–Crippen LogP) is 2.51. The zero-order valence-electron chi connectivity index (χ0n) is 8.03. The molecule has 0 aliphatic heterocycles. The molecule has 0 aliphatic rings. The van der Waals surface area contributed by atoms with E-state index in [9.17, 15) is 4.79 Å². The summed E-state index contributed by atoms with van der Waals surface area (Å²) in [5.74, 6) is -0.445. The van der Waals surface area contributed by atoms with E-state index in [1.165, 1.54) is 13.2 Å².